The van der Waals surface area contributed by atoms with Gasteiger partial charge in [-0.25, -0.2) is 4.98 Å². The summed E-state index contributed by atoms with van der Waals surface area (Å²) >= 11 is 0. The molecule has 0 N–H and O–H groups in total. The number of nitrogens with zero attached hydrogens (tertiary/aromatic N) is 1. The fourth-order valence-electron chi connectivity index (χ4n) is 1.81. The van der Waals surface area contributed by atoms with Gasteiger partial charge in [0.15, 0.2) is 0 Å². The quantitative estimate of drug-likeness (QED) is 0.582. The molecule has 1 aromatic heterocycles. The Balaban J connectivity index is 2.12. The van der Waals surface area contributed by atoms with Crippen molar-refractivity contribution in [1.82, 2.24) is 4.98 Å². The van der Waals surface area contributed by atoms with Crippen molar-refractivity contribution in [1.29, 1.82) is 0 Å². The lowest BCUT2D eigenvalue weighted by Gasteiger charge is -2.13. The third-order valence-corrected chi connectivity index (χ3v) is 2.61. The van der Waals surface area contributed by atoms with Gasteiger partial charge in [-0.15, -0.1) is 0 Å². The lowest BCUT2D eigenvalue weighted by molar-refractivity contribution is 0.575. The van der Waals surface area contributed by atoms with Gasteiger partial charge in [-0.2, -0.15) is 0 Å². The molecule has 76 valence electrons. The molecule has 0 saturated carbocycles. The second kappa shape index (κ2) is 4.79. The van der Waals surface area contributed by atoms with E-state index in [1.165, 1.54) is 18.4 Å². The summed E-state index contributed by atoms with van der Waals surface area (Å²) in [5.41, 5.74) is 2.14. The van der Waals surface area contributed by atoms with Crippen molar-refractivity contribution in [2.75, 3.05) is 0 Å². The Kier molecular flexibility index (Phi) is 3.19. The first-order valence-electron chi connectivity index (χ1n) is 5.48. The molecule has 1 aromatic rings. The van der Waals surface area contributed by atoms with E-state index in [-0.39, 0.29) is 0 Å². The summed E-state index contributed by atoms with van der Waals surface area (Å²) < 4.78 is 0. The van der Waals surface area contributed by atoms with Gasteiger partial charge in [-0.05, 0) is 48.8 Å². The molecule has 1 aliphatic rings. The maximum atomic E-state index is 4.18. The van der Waals surface area contributed by atoms with E-state index in [9.17, 15) is 0 Å². The molecule has 0 aromatic carbocycles. The maximum absolute atomic E-state index is 4.18. The smallest absolute Gasteiger partial charge is 0.113 e. The van der Waals surface area contributed by atoms with E-state index in [1.807, 2.05) is 18.2 Å². The molecule has 1 atom stereocenters. The summed E-state index contributed by atoms with van der Waals surface area (Å²) in [6.45, 7) is 2.25. The van der Waals surface area contributed by atoms with Crippen molar-refractivity contribution in [2.45, 2.75) is 26.2 Å². The highest BCUT2D eigenvalue weighted by Gasteiger charge is 2.06. The van der Waals surface area contributed by atoms with Gasteiger partial charge in [0.1, 0.15) is 5.69 Å². The molecule has 1 heteroatoms. The average molecular weight is 197 g/mol. The van der Waals surface area contributed by atoms with Crippen LogP contribution < -0.4 is 0 Å². The van der Waals surface area contributed by atoms with Crippen LogP contribution in [0.1, 0.15) is 31.9 Å². The van der Waals surface area contributed by atoms with Crippen LogP contribution in [0.15, 0.2) is 36.0 Å². The Morgan fingerprint density at radius 3 is 3.00 bits per heavy atom. The van der Waals surface area contributed by atoms with Crippen molar-refractivity contribution >= 4 is 0 Å². The molecule has 2 rings (SSSR count). The first-order valence-corrected chi connectivity index (χ1v) is 5.48. The van der Waals surface area contributed by atoms with Gasteiger partial charge in [-0.1, -0.05) is 25.0 Å². The number of pyridine rings is 1. The molecule has 1 aliphatic carbocycles. The van der Waals surface area contributed by atoms with Crippen LogP contribution in [0.3, 0.4) is 0 Å². The zero-order valence-corrected chi connectivity index (χ0v) is 9.03. The van der Waals surface area contributed by atoms with Gasteiger partial charge in [0.05, 0.1) is 0 Å². The van der Waals surface area contributed by atoms with Crippen LogP contribution in [0.5, 0.6) is 0 Å². The van der Waals surface area contributed by atoms with E-state index in [1.54, 1.807) is 6.20 Å². The van der Waals surface area contributed by atoms with Gasteiger partial charge in [0, 0.05) is 6.20 Å². The Bertz CT molecular complexity index is 406. The number of rotatable bonds is 0. The minimum absolute atomic E-state index is 0.687. The van der Waals surface area contributed by atoms with Gasteiger partial charge in [0.2, 0.25) is 0 Å². The van der Waals surface area contributed by atoms with Gasteiger partial charge in [-0.3, -0.25) is 0 Å². The summed E-state index contributed by atoms with van der Waals surface area (Å²) in [5, 5.41) is 0. The summed E-state index contributed by atoms with van der Waals surface area (Å²) in [5.74, 6) is 7.01. The molecule has 0 saturated heterocycles. The molecule has 0 aliphatic heterocycles. The minimum atomic E-state index is 0.687. The average Bonchev–Trinajstić information content (AvgIpc) is 2.28. The largest absolute Gasteiger partial charge is 0.248 e. The van der Waals surface area contributed by atoms with Gasteiger partial charge in [0.25, 0.3) is 0 Å². The standard InChI is InChI=1S/C14H15N/c1-12-5-4-6-13(11-12)8-9-14-7-2-3-10-15-14/h2-3,7,10-12H,4-6H2,1H3. The summed E-state index contributed by atoms with van der Waals surface area (Å²) in [7, 11) is 0. The molecule has 0 amide bonds. The van der Waals surface area contributed by atoms with E-state index < -0.39 is 0 Å². The molecule has 1 heterocycles. The summed E-state index contributed by atoms with van der Waals surface area (Å²) in [6.07, 6.45) is 7.77. The van der Waals surface area contributed by atoms with E-state index in [0.717, 1.165) is 12.1 Å². The fourth-order valence-corrected chi connectivity index (χ4v) is 1.81. The van der Waals surface area contributed by atoms with Crippen molar-refractivity contribution < 1.29 is 0 Å². The van der Waals surface area contributed by atoms with Crippen LogP contribution in [0.2, 0.25) is 0 Å². The number of aromatic nitrogens is 1. The topological polar surface area (TPSA) is 12.9 Å². The van der Waals surface area contributed by atoms with E-state index >= 15 is 0 Å². The van der Waals surface area contributed by atoms with Gasteiger partial charge >= 0.3 is 0 Å². The predicted molar refractivity (Wildman–Crippen MR) is 62.2 cm³/mol. The van der Waals surface area contributed by atoms with Crippen molar-refractivity contribution in [3.05, 3.63) is 41.7 Å². The lowest BCUT2D eigenvalue weighted by Crippen LogP contribution is -1.99. The fraction of sp³-hybridized carbons (Fsp3) is 0.357. The minimum Gasteiger partial charge on any atom is -0.248 e. The van der Waals surface area contributed by atoms with Crippen molar-refractivity contribution in [3.63, 3.8) is 0 Å². The van der Waals surface area contributed by atoms with Crippen molar-refractivity contribution in [2.24, 2.45) is 5.92 Å². The first kappa shape index (κ1) is 9.98. The molecule has 0 radical (unpaired) electrons. The van der Waals surface area contributed by atoms with Crippen LogP contribution in [-0.4, -0.2) is 4.98 Å². The first-order chi connectivity index (χ1) is 7.34. The van der Waals surface area contributed by atoms with Crippen LogP contribution >= 0.6 is 0 Å². The second-order valence-corrected chi connectivity index (χ2v) is 4.03. The van der Waals surface area contributed by atoms with Crippen LogP contribution in [0.4, 0.5) is 0 Å². The molecule has 0 bridgehead atoms. The third kappa shape index (κ3) is 2.95. The predicted octanol–water partition coefficient (Wildman–Crippen LogP) is 3.18. The number of allylic oxidation sites excluding steroid dienone is 2. The normalized spacial score (nSPS) is 20.1. The van der Waals surface area contributed by atoms with E-state index in [4.69, 9.17) is 0 Å². The molecule has 1 nitrogen and oxygen atoms in total. The van der Waals surface area contributed by atoms with E-state index in [2.05, 4.69) is 29.8 Å². The Hall–Kier alpha value is -1.55. The summed E-state index contributed by atoms with van der Waals surface area (Å²) in [6, 6.07) is 5.82. The highest BCUT2D eigenvalue weighted by atomic mass is 14.6. The second-order valence-electron chi connectivity index (χ2n) is 4.03. The number of hydrogen-bond donors (Lipinski definition) is 0. The zero-order chi connectivity index (χ0) is 10.5. The van der Waals surface area contributed by atoms with E-state index in [0.29, 0.717) is 5.92 Å². The highest BCUT2D eigenvalue weighted by molar-refractivity contribution is 5.37. The molecule has 1 unspecified atom stereocenters. The molecular weight excluding hydrogens is 182 g/mol. The molecule has 0 spiro atoms. The maximum Gasteiger partial charge on any atom is 0.113 e. The highest BCUT2D eigenvalue weighted by Crippen LogP contribution is 2.21. The molecular formula is C14H15N. The molecule has 0 fully saturated rings. The Labute approximate surface area is 91.2 Å². The Morgan fingerprint density at radius 2 is 2.27 bits per heavy atom. The Morgan fingerprint density at radius 1 is 1.33 bits per heavy atom. The number of hydrogen-bond acceptors (Lipinski definition) is 1. The van der Waals surface area contributed by atoms with Gasteiger partial charge < -0.3 is 0 Å². The third-order valence-electron chi connectivity index (χ3n) is 2.61. The van der Waals surface area contributed by atoms with Crippen LogP contribution in [-0.2, 0) is 0 Å². The zero-order valence-electron chi connectivity index (χ0n) is 9.03. The SMILES string of the molecule is CC1C=C(C#Cc2ccccn2)CCC1. The summed E-state index contributed by atoms with van der Waals surface area (Å²) in [4.78, 5) is 4.18. The monoisotopic (exact) mass is 197 g/mol. The molecule has 15 heavy (non-hydrogen) atoms. The van der Waals surface area contributed by atoms with Crippen LogP contribution in [0.25, 0.3) is 0 Å². The van der Waals surface area contributed by atoms with Crippen molar-refractivity contribution in [3.8, 4) is 11.8 Å². The lowest BCUT2D eigenvalue weighted by atomic mass is 9.92. The van der Waals surface area contributed by atoms with Crippen LogP contribution in [0, 0.1) is 17.8 Å².